The predicted octanol–water partition coefficient (Wildman–Crippen LogP) is 2.25. The van der Waals surface area contributed by atoms with E-state index in [1.807, 2.05) is 0 Å². The fraction of sp³-hybridized carbons (Fsp3) is 0.500. The van der Waals surface area contributed by atoms with Crippen LogP contribution < -0.4 is 5.32 Å². The van der Waals surface area contributed by atoms with Gasteiger partial charge in [-0.1, -0.05) is 0 Å². The number of halogens is 2. The van der Waals surface area contributed by atoms with Gasteiger partial charge in [-0.3, -0.25) is 4.79 Å². The van der Waals surface area contributed by atoms with E-state index in [1.54, 1.807) is 0 Å². The lowest BCUT2D eigenvalue weighted by atomic mass is 10.0. The zero-order valence-corrected chi connectivity index (χ0v) is 12.8. The largest absolute Gasteiger partial charge is 0.467 e. The van der Waals surface area contributed by atoms with Crippen molar-refractivity contribution in [3.05, 3.63) is 35.4 Å². The number of esters is 1. The zero-order valence-electron chi connectivity index (χ0n) is 12.8. The molecule has 1 fully saturated rings. The molecule has 0 radical (unpaired) electrons. The van der Waals surface area contributed by atoms with E-state index in [9.17, 15) is 18.4 Å². The van der Waals surface area contributed by atoms with Gasteiger partial charge in [-0.15, -0.1) is 0 Å². The van der Waals surface area contributed by atoms with Crippen LogP contribution in [0.25, 0.3) is 0 Å². The smallest absolute Gasteiger partial charge is 0.333 e. The van der Waals surface area contributed by atoms with Crippen LogP contribution in [0.15, 0.2) is 18.2 Å². The van der Waals surface area contributed by atoms with Gasteiger partial charge in [0.1, 0.15) is 11.6 Å². The van der Waals surface area contributed by atoms with E-state index in [-0.39, 0.29) is 18.1 Å². The lowest BCUT2D eigenvalue weighted by molar-refractivity contribution is -0.145. The Hall–Kier alpha value is -2.02. The summed E-state index contributed by atoms with van der Waals surface area (Å²) in [5, 5.41) is 2.40. The number of carbonyl (C=O) groups is 2. The van der Waals surface area contributed by atoms with Crippen molar-refractivity contribution in [2.75, 3.05) is 13.7 Å². The Bertz CT molecular complexity index is 573. The molecule has 0 aromatic heterocycles. The molecular weight excluding hydrogens is 308 g/mol. The Kier molecular flexibility index (Phi) is 6.04. The van der Waals surface area contributed by atoms with E-state index in [2.05, 4.69) is 10.1 Å². The van der Waals surface area contributed by atoms with Crippen molar-refractivity contribution in [2.24, 2.45) is 0 Å². The molecule has 126 valence electrons. The fourth-order valence-corrected chi connectivity index (χ4v) is 2.51. The Morgan fingerprint density at radius 2 is 2.22 bits per heavy atom. The lowest BCUT2D eigenvalue weighted by Gasteiger charge is -2.18. The molecule has 5 nitrogen and oxygen atoms in total. The summed E-state index contributed by atoms with van der Waals surface area (Å²) in [6.07, 6.45) is 2.54. The van der Waals surface area contributed by atoms with Crippen molar-refractivity contribution < 1.29 is 27.8 Å². The second-order valence-corrected chi connectivity index (χ2v) is 5.36. The van der Waals surface area contributed by atoms with Crippen LogP contribution in [0.5, 0.6) is 0 Å². The summed E-state index contributed by atoms with van der Waals surface area (Å²) < 4.78 is 37.2. The van der Waals surface area contributed by atoms with Gasteiger partial charge in [0.15, 0.2) is 6.04 Å². The molecule has 1 aromatic rings. The standard InChI is InChI=1S/C16H19F2NO4/c1-22-16(21)15(12-9-10(17)4-6-13(12)18)19-14(20)7-5-11-3-2-8-23-11/h4,6,9,11,15H,2-3,5,7-8H2,1H3,(H,19,20). The minimum Gasteiger partial charge on any atom is -0.467 e. The summed E-state index contributed by atoms with van der Waals surface area (Å²) in [4.78, 5) is 23.8. The van der Waals surface area contributed by atoms with Crippen LogP contribution in [0, 0.1) is 11.6 Å². The third-order valence-corrected chi connectivity index (χ3v) is 3.73. The summed E-state index contributed by atoms with van der Waals surface area (Å²) in [5.41, 5.74) is -0.262. The van der Waals surface area contributed by atoms with Crippen LogP contribution in [-0.2, 0) is 19.1 Å². The summed E-state index contributed by atoms with van der Waals surface area (Å²) >= 11 is 0. The Morgan fingerprint density at radius 1 is 1.43 bits per heavy atom. The molecule has 2 atom stereocenters. The number of benzene rings is 1. The lowest BCUT2D eigenvalue weighted by Crippen LogP contribution is -2.35. The Labute approximate surface area is 133 Å². The first-order chi connectivity index (χ1) is 11.0. The van der Waals surface area contributed by atoms with Gasteiger partial charge in [-0.05, 0) is 37.5 Å². The maximum Gasteiger partial charge on any atom is 0.333 e. The zero-order chi connectivity index (χ0) is 16.8. The average Bonchev–Trinajstić information content (AvgIpc) is 3.06. The third-order valence-electron chi connectivity index (χ3n) is 3.73. The molecule has 1 saturated heterocycles. The van der Waals surface area contributed by atoms with Crippen LogP contribution in [0.2, 0.25) is 0 Å². The number of ether oxygens (including phenoxy) is 2. The highest BCUT2D eigenvalue weighted by Gasteiger charge is 2.27. The van der Waals surface area contributed by atoms with Crippen molar-refractivity contribution in [2.45, 2.75) is 37.8 Å². The van der Waals surface area contributed by atoms with Crippen LogP contribution in [0.1, 0.15) is 37.3 Å². The van der Waals surface area contributed by atoms with E-state index in [0.29, 0.717) is 13.0 Å². The van der Waals surface area contributed by atoms with Crippen molar-refractivity contribution in [3.8, 4) is 0 Å². The summed E-state index contributed by atoms with van der Waals surface area (Å²) in [5.74, 6) is -2.80. The van der Waals surface area contributed by atoms with Gasteiger partial charge in [0.05, 0.1) is 13.2 Å². The molecule has 1 aliphatic heterocycles. The molecule has 2 unspecified atom stereocenters. The monoisotopic (exact) mass is 327 g/mol. The number of amides is 1. The average molecular weight is 327 g/mol. The third kappa shape index (κ3) is 4.72. The molecule has 7 heteroatoms. The number of nitrogens with one attached hydrogen (secondary N) is 1. The molecule has 23 heavy (non-hydrogen) atoms. The SMILES string of the molecule is COC(=O)C(NC(=O)CCC1CCCO1)c1cc(F)ccc1F. The highest BCUT2D eigenvalue weighted by Crippen LogP contribution is 2.21. The van der Waals surface area contributed by atoms with Crippen molar-refractivity contribution >= 4 is 11.9 Å². The number of methoxy groups -OCH3 is 1. The highest BCUT2D eigenvalue weighted by molar-refractivity contribution is 5.85. The van der Waals surface area contributed by atoms with Crippen LogP contribution in [0.3, 0.4) is 0 Å². The molecule has 1 heterocycles. The molecule has 0 spiro atoms. The number of hydrogen-bond donors (Lipinski definition) is 1. The number of rotatable bonds is 6. The van der Waals surface area contributed by atoms with E-state index in [0.717, 1.165) is 38.2 Å². The summed E-state index contributed by atoms with van der Waals surface area (Å²) in [7, 11) is 1.12. The molecule has 0 bridgehead atoms. The van der Waals surface area contributed by atoms with E-state index >= 15 is 0 Å². The highest BCUT2D eigenvalue weighted by atomic mass is 19.1. The predicted molar refractivity (Wildman–Crippen MR) is 77.5 cm³/mol. The summed E-state index contributed by atoms with van der Waals surface area (Å²) in [6.45, 7) is 0.686. The van der Waals surface area contributed by atoms with E-state index < -0.39 is 29.6 Å². The molecule has 0 saturated carbocycles. The quantitative estimate of drug-likeness (QED) is 0.814. The normalized spacial score (nSPS) is 18.5. The van der Waals surface area contributed by atoms with E-state index in [1.165, 1.54) is 0 Å². The van der Waals surface area contributed by atoms with Gasteiger partial charge in [-0.2, -0.15) is 0 Å². The van der Waals surface area contributed by atoms with Crippen LogP contribution >= 0.6 is 0 Å². The van der Waals surface area contributed by atoms with Gasteiger partial charge < -0.3 is 14.8 Å². The maximum atomic E-state index is 13.9. The van der Waals surface area contributed by atoms with Crippen molar-refractivity contribution in [3.63, 3.8) is 0 Å². The van der Waals surface area contributed by atoms with Gasteiger partial charge in [0, 0.05) is 18.6 Å². The molecule has 1 amide bonds. The molecule has 2 rings (SSSR count). The van der Waals surface area contributed by atoms with E-state index in [4.69, 9.17) is 4.74 Å². The molecular formula is C16H19F2NO4. The Morgan fingerprint density at radius 3 is 2.87 bits per heavy atom. The van der Waals surface area contributed by atoms with Crippen molar-refractivity contribution in [1.82, 2.24) is 5.32 Å². The first kappa shape index (κ1) is 17.3. The molecule has 1 N–H and O–H groups in total. The molecule has 0 aliphatic carbocycles. The minimum atomic E-state index is -1.38. The number of carbonyl (C=O) groups excluding carboxylic acids is 2. The van der Waals surface area contributed by atoms with Gasteiger partial charge in [0.25, 0.3) is 0 Å². The fourth-order valence-electron chi connectivity index (χ4n) is 2.51. The molecule has 1 aromatic carbocycles. The topological polar surface area (TPSA) is 64.6 Å². The second kappa shape index (κ2) is 8.01. The maximum absolute atomic E-state index is 13.9. The number of hydrogen-bond acceptors (Lipinski definition) is 4. The molecule has 1 aliphatic rings. The van der Waals surface area contributed by atoms with Crippen LogP contribution in [-0.4, -0.2) is 31.7 Å². The first-order valence-corrected chi connectivity index (χ1v) is 7.45. The Balaban J connectivity index is 2.04. The second-order valence-electron chi connectivity index (χ2n) is 5.36. The minimum absolute atomic E-state index is 0.0308. The summed E-state index contributed by atoms with van der Waals surface area (Å²) in [6, 6.07) is 1.33. The van der Waals surface area contributed by atoms with Crippen LogP contribution in [0.4, 0.5) is 8.78 Å². The first-order valence-electron chi connectivity index (χ1n) is 7.45. The van der Waals surface area contributed by atoms with Gasteiger partial charge in [-0.25, -0.2) is 13.6 Å². The van der Waals surface area contributed by atoms with Gasteiger partial charge >= 0.3 is 5.97 Å². The van der Waals surface area contributed by atoms with Crippen molar-refractivity contribution in [1.29, 1.82) is 0 Å². The van der Waals surface area contributed by atoms with Gasteiger partial charge in [0.2, 0.25) is 5.91 Å².